The van der Waals surface area contributed by atoms with Crippen LogP contribution in [0.2, 0.25) is 0 Å². The van der Waals surface area contributed by atoms with Crippen LogP contribution in [-0.2, 0) is 9.59 Å². The molecule has 2 rings (SSSR count). The van der Waals surface area contributed by atoms with Crippen molar-refractivity contribution in [2.24, 2.45) is 5.10 Å². The fraction of sp³-hybridized carbons (Fsp3) is 0.467. The largest absolute Gasteiger partial charge is 0.345 e. The highest BCUT2D eigenvalue weighted by molar-refractivity contribution is 6.35. The molecule has 0 bridgehead atoms. The Bertz CT molecular complexity index is 494. The summed E-state index contributed by atoms with van der Waals surface area (Å²) >= 11 is 0. The van der Waals surface area contributed by atoms with Crippen molar-refractivity contribution in [3.05, 3.63) is 30.1 Å². The normalized spacial score (nSPS) is 16.4. The van der Waals surface area contributed by atoms with Crippen molar-refractivity contribution in [1.82, 2.24) is 15.7 Å². The predicted octanol–water partition coefficient (Wildman–Crippen LogP) is 1.37. The minimum Gasteiger partial charge on any atom is -0.345 e. The van der Waals surface area contributed by atoms with Crippen molar-refractivity contribution in [1.29, 1.82) is 0 Å². The molecule has 21 heavy (non-hydrogen) atoms. The highest BCUT2D eigenvalue weighted by Crippen LogP contribution is 2.16. The van der Waals surface area contributed by atoms with E-state index in [9.17, 15) is 9.59 Å². The number of nitrogens with one attached hydrogen (secondary N) is 2. The summed E-state index contributed by atoms with van der Waals surface area (Å²) in [4.78, 5) is 27.4. The first kappa shape index (κ1) is 15.2. The van der Waals surface area contributed by atoms with E-state index in [0.717, 1.165) is 25.7 Å². The highest BCUT2D eigenvalue weighted by Gasteiger charge is 2.19. The van der Waals surface area contributed by atoms with Crippen LogP contribution in [-0.4, -0.2) is 29.1 Å². The fourth-order valence-corrected chi connectivity index (χ4v) is 2.33. The lowest BCUT2D eigenvalue weighted by Gasteiger charge is -2.14. The van der Waals surface area contributed by atoms with Gasteiger partial charge >= 0.3 is 11.8 Å². The van der Waals surface area contributed by atoms with Gasteiger partial charge < -0.3 is 5.32 Å². The zero-order chi connectivity index (χ0) is 14.9. The van der Waals surface area contributed by atoms with Crippen LogP contribution >= 0.6 is 0 Å². The average molecular weight is 288 g/mol. The van der Waals surface area contributed by atoms with Gasteiger partial charge in [-0.2, -0.15) is 5.10 Å². The molecule has 2 amide bonds. The van der Waals surface area contributed by atoms with Crippen molar-refractivity contribution in [2.75, 3.05) is 0 Å². The summed E-state index contributed by atoms with van der Waals surface area (Å²) < 4.78 is 0. The van der Waals surface area contributed by atoms with E-state index >= 15 is 0 Å². The summed E-state index contributed by atoms with van der Waals surface area (Å²) in [5, 5.41) is 6.49. The molecule has 0 aliphatic heterocycles. The number of hydrazone groups is 1. The summed E-state index contributed by atoms with van der Waals surface area (Å²) in [6, 6.07) is 5.46. The number of carbonyl (C=O) groups excluding carboxylic acids is 2. The van der Waals surface area contributed by atoms with Gasteiger partial charge in [0.1, 0.15) is 0 Å². The number of rotatable bonds is 3. The SMILES string of the molecule is O=C(N/N=C\c1ccccn1)C(=O)NC1CCCCCC1. The van der Waals surface area contributed by atoms with Gasteiger partial charge in [-0.25, -0.2) is 5.43 Å². The highest BCUT2D eigenvalue weighted by atomic mass is 16.2. The van der Waals surface area contributed by atoms with Crippen LogP contribution in [0, 0.1) is 0 Å². The van der Waals surface area contributed by atoms with Crippen LogP contribution < -0.4 is 10.7 Å². The minimum atomic E-state index is -0.744. The van der Waals surface area contributed by atoms with Crippen LogP contribution in [0.3, 0.4) is 0 Å². The number of pyridine rings is 1. The van der Waals surface area contributed by atoms with Crippen LogP contribution in [0.1, 0.15) is 44.2 Å². The number of carbonyl (C=O) groups is 2. The van der Waals surface area contributed by atoms with E-state index in [-0.39, 0.29) is 6.04 Å². The maximum absolute atomic E-state index is 11.8. The van der Waals surface area contributed by atoms with Gasteiger partial charge in [0.2, 0.25) is 0 Å². The quantitative estimate of drug-likeness (QED) is 0.381. The summed E-state index contributed by atoms with van der Waals surface area (Å²) in [6.45, 7) is 0. The average Bonchev–Trinajstić information content (AvgIpc) is 2.77. The minimum absolute atomic E-state index is 0.102. The van der Waals surface area contributed by atoms with Gasteiger partial charge in [0, 0.05) is 12.2 Å². The summed E-state index contributed by atoms with van der Waals surface area (Å²) in [5.41, 5.74) is 2.83. The van der Waals surface area contributed by atoms with Crippen molar-refractivity contribution in [2.45, 2.75) is 44.6 Å². The molecule has 6 heteroatoms. The number of hydrogen-bond donors (Lipinski definition) is 2. The molecule has 1 aromatic rings. The van der Waals surface area contributed by atoms with Gasteiger partial charge in [0.25, 0.3) is 0 Å². The van der Waals surface area contributed by atoms with Gasteiger partial charge in [0.15, 0.2) is 0 Å². The third-order valence-corrected chi connectivity index (χ3v) is 3.45. The molecule has 1 aliphatic carbocycles. The number of nitrogens with zero attached hydrogens (tertiary/aromatic N) is 2. The molecule has 6 nitrogen and oxygen atoms in total. The zero-order valence-corrected chi connectivity index (χ0v) is 11.9. The summed E-state index contributed by atoms with van der Waals surface area (Å²) in [6.07, 6.45) is 9.51. The van der Waals surface area contributed by atoms with Gasteiger partial charge in [-0.3, -0.25) is 14.6 Å². The molecule has 0 aromatic carbocycles. The van der Waals surface area contributed by atoms with E-state index in [1.807, 2.05) is 6.07 Å². The van der Waals surface area contributed by atoms with E-state index in [0.29, 0.717) is 5.69 Å². The van der Waals surface area contributed by atoms with Crippen molar-refractivity contribution < 1.29 is 9.59 Å². The first-order chi connectivity index (χ1) is 10.3. The lowest BCUT2D eigenvalue weighted by atomic mass is 10.1. The Morgan fingerprint density at radius 3 is 2.57 bits per heavy atom. The van der Waals surface area contributed by atoms with Crippen LogP contribution in [0.5, 0.6) is 0 Å². The fourth-order valence-electron chi connectivity index (χ4n) is 2.33. The van der Waals surface area contributed by atoms with Crippen molar-refractivity contribution in [3.8, 4) is 0 Å². The van der Waals surface area contributed by atoms with E-state index in [4.69, 9.17) is 0 Å². The van der Waals surface area contributed by atoms with E-state index in [1.54, 1.807) is 18.3 Å². The molecule has 1 heterocycles. The Morgan fingerprint density at radius 2 is 1.90 bits per heavy atom. The first-order valence-electron chi connectivity index (χ1n) is 7.30. The molecular weight excluding hydrogens is 268 g/mol. The molecule has 0 spiro atoms. The Balaban J connectivity index is 1.77. The Labute approximate surface area is 124 Å². The van der Waals surface area contributed by atoms with E-state index < -0.39 is 11.8 Å². The maximum Gasteiger partial charge on any atom is 0.329 e. The monoisotopic (exact) mass is 288 g/mol. The maximum atomic E-state index is 11.8. The predicted molar refractivity (Wildman–Crippen MR) is 79.6 cm³/mol. The Kier molecular flexibility index (Phi) is 5.87. The molecule has 0 unspecified atom stereocenters. The van der Waals surface area contributed by atoms with E-state index in [1.165, 1.54) is 19.1 Å². The Hall–Kier alpha value is -2.24. The molecular formula is C15H20N4O2. The smallest absolute Gasteiger partial charge is 0.329 e. The van der Waals surface area contributed by atoms with Gasteiger partial charge in [0.05, 0.1) is 11.9 Å². The second-order valence-electron chi connectivity index (χ2n) is 5.12. The third-order valence-electron chi connectivity index (χ3n) is 3.45. The molecule has 1 aromatic heterocycles. The molecule has 2 N–H and O–H groups in total. The Morgan fingerprint density at radius 1 is 1.14 bits per heavy atom. The van der Waals surface area contributed by atoms with Crippen molar-refractivity contribution in [3.63, 3.8) is 0 Å². The number of amides is 2. The van der Waals surface area contributed by atoms with Crippen molar-refractivity contribution >= 4 is 18.0 Å². The second kappa shape index (κ2) is 8.14. The lowest BCUT2D eigenvalue weighted by molar-refractivity contribution is -0.139. The molecule has 0 saturated heterocycles. The molecule has 0 atom stereocenters. The van der Waals surface area contributed by atoms with E-state index in [2.05, 4.69) is 20.8 Å². The third kappa shape index (κ3) is 5.33. The van der Waals surface area contributed by atoms with Crippen LogP contribution in [0.4, 0.5) is 0 Å². The summed E-state index contributed by atoms with van der Waals surface area (Å²) in [7, 11) is 0. The molecule has 0 radical (unpaired) electrons. The molecule has 1 fully saturated rings. The molecule has 112 valence electrons. The van der Waals surface area contributed by atoms with Gasteiger partial charge in [-0.1, -0.05) is 31.7 Å². The first-order valence-corrected chi connectivity index (χ1v) is 7.30. The van der Waals surface area contributed by atoms with Crippen LogP contribution in [0.15, 0.2) is 29.5 Å². The molecule has 1 saturated carbocycles. The van der Waals surface area contributed by atoms with Gasteiger partial charge in [-0.05, 0) is 25.0 Å². The standard InChI is InChI=1S/C15H20N4O2/c20-14(18-12-7-3-1-2-4-8-12)15(21)19-17-11-13-9-5-6-10-16-13/h5-6,9-12H,1-4,7-8H2,(H,18,20)(H,19,21)/b17-11-. The van der Waals surface area contributed by atoms with Crippen LogP contribution in [0.25, 0.3) is 0 Å². The van der Waals surface area contributed by atoms with Gasteiger partial charge in [-0.15, -0.1) is 0 Å². The lowest BCUT2D eigenvalue weighted by Crippen LogP contribution is -2.43. The molecule has 1 aliphatic rings. The topological polar surface area (TPSA) is 83.5 Å². The number of hydrogen-bond acceptors (Lipinski definition) is 4. The second-order valence-corrected chi connectivity index (χ2v) is 5.12. The zero-order valence-electron chi connectivity index (χ0n) is 11.9. The number of aromatic nitrogens is 1. The summed E-state index contributed by atoms with van der Waals surface area (Å²) in [5.74, 6) is -1.37.